The summed E-state index contributed by atoms with van der Waals surface area (Å²) in [5, 5.41) is 28.4. The molecule has 21 rings (SSSR count). The van der Waals surface area contributed by atoms with Crippen LogP contribution in [0.15, 0.2) is 208 Å². The van der Waals surface area contributed by atoms with Crippen molar-refractivity contribution in [3.05, 3.63) is 245 Å². The number of rotatable bonds is 17. The van der Waals surface area contributed by atoms with E-state index in [1.807, 2.05) is 142 Å². The van der Waals surface area contributed by atoms with E-state index in [2.05, 4.69) is 169 Å². The lowest BCUT2D eigenvalue weighted by Crippen LogP contribution is -2.51. The zero-order valence-electron chi connectivity index (χ0n) is 63.2. The molecule has 8 N–H and O–H groups in total. The third kappa shape index (κ3) is 17.3. The van der Waals surface area contributed by atoms with Crippen molar-refractivity contribution in [1.82, 2.24) is 98.0 Å². The van der Waals surface area contributed by atoms with Crippen molar-refractivity contribution in [3.8, 4) is 56.9 Å². The van der Waals surface area contributed by atoms with Crippen LogP contribution in [0.3, 0.4) is 0 Å². The van der Waals surface area contributed by atoms with Gasteiger partial charge in [-0.2, -0.15) is 0 Å². The number of nitrogens with one attached hydrogen (secondary N) is 8. The van der Waals surface area contributed by atoms with Crippen LogP contribution in [0.5, 0.6) is 0 Å². The molecule has 0 atom stereocenters. The van der Waals surface area contributed by atoms with Crippen LogP contribution in [0.4, 0.5) is 34.6 Å². The number of fused-ring (bicyclic) bond motifs is 5. The topological polar surface area (TPSA) is 258 Å². The first kappa shape index (κ1) is 75.1. The molecular formula is C85H87Cl3N26. The van der Waals surface area contributed by atoms with Crippen molar-refractivity contribution in [2.24, 2.45) is 5.92 Å². The minimum absolute atomic E-state index is 0.443. The first-order chi connectivity index (χ1) is 55.9. The van der Waals surface area contributed by atoms with E-state index < -0.39 is 0 Å². The van der Waals surface area contributed by atoms with Crippen LogP contribution in [0, 0.1) is 19.4 Å². The molecule has 0 radical (unpaired) electrons. The fourth-order valence-electron chi connectivity index (χ4n) is 14.2. The minimum Gasteiger partial charge on any atom is -0.368 e. The number of hydrogen-bond donors (Lipinski definition) is 8. The number of piperazine rings is 1. The predicted molar refractivity (Wildman–Crippen MR) is 455 cm³/mol. The zero-order valence-corrected chi connectivity index (χ0v) is 65.5. The summed E-state index contributed by atoms with van der Waals surface area (Å²) in [5.41, 5.74) is 17.9. The summed E-state index contributed by atoms with van der Waals surface area (Å²) in [6.45, 7) is 24.9. The van der Waals surface area contributed by atoms with E-state index in [0.29, 0.717) is 44.9 Å². The van der Waals surface area contributed by atoms with E-state index in [0.717, 1.165) is 212 Å². The van der Waals surface area contributed by atoms with E-state index in [1.54, 1.807) is 24.5 Å². The van der Waals surface area contributed by atoms with Gasteiger partial charge in [0.2, 0.25) is 5.69 Å². The molecule has 15 aromatic heterocycles. The summed E-state index contributed by atoms with van der Waals surface area (Å²) < 4.78 is 10.1. The second-order valence-corrected chi connectivity index (χ2v) is 30.6. The number of nitrogens with zero attached hydrogens (tertiary/aromatic N) is 18. The van der Waals surface area contributed by atoms with Crippen LogP contribution in [-0.4, -0.2) is 186 Å². The van der Waals surface area contributed by atoms with Crippen LogP contribution in [-0.2, 0) is 6.42 Å². The molecule has 578 valence electrons. The third-order valence-corrected chi connectivity index (χ3v) is 22.3. The van der Waals surface area contributed by atoms with Crippen LogP contribution in [0.25, 0.3) is 90.0 Å². The summed E-state index contributed by atoms with van der Waals surface area (Å²) in [7, 11) is 0. The maximum absolute atomic E-state index is 7.16. The molecule has 0 spiro atoms. The second kappa shape index (κ2) is 34.4. The monoisotopic (exact) mass is 1580 g/mol. The Morgan fingerprint density at radius 1 is 0.430 bits per heavy atom. The summed E-state index contributed by atoms with van der Waals surface area (Å²) in [6.07, 6.45) is 24.1. The van der Waals surface area contributed by atoms with Gasteiger partial charge in [0.25, 0.3) is 0 Å². The van der Waals surface area contributed by atoms with Crippen molar-refractivity contribution in [3.63, 3.8) is 0 Å². The second-order valence-electron chi connectivity index (χ2n) is 29.3. The lowest BCUT2D eigenvalue weighted by atomic mass is 9.82. The van der Waals surface area contributed by atoms with Gasteiger partial charge in [0.15, 0.2) is 0 Å². The lowest BCUT2D eigenvalue weighted by molar-refractivity contribution is 0.271. The summed E-state index contributed by atoms with van der Waals surface area (Å²) in [5.74, 6) is 4.40. The van der Waals surface area contributed by atoms with E-state index in [1.165, 1.54) is 30.5 Å². The summed E-state index contributed by atoms with van der Waals surface area (Å²) in [4.78, 5) is 54.3. The molecule has 114 heavy (non-hydrogen) atoms. The summed E-state index contributed by atoms with van der Waals surface area (Å²) in [6, 6.07) is 49.7. The van der Waals surface area contributed by atoms with Crippen molar-refractivity contribution in [2.45, 2.75) is 63.7 Å². The highest BCUT2D eigenvalue weighted by atomic mass is 35.5. The van der Waals surface area contributed by atoms with Gasteiger partial charge >= 0.3 is 0 Å². The van der Waals surface area contributed by atoms with Crippen molar-refractivity contribution in [2.75, 3.05) is 111 Å². The van der Waals surface area contributed by atoms with E-state index in [4.69, 9.17) is 56.3 Å². The molecule has 1 saturated carbocycles. The molecule has 29 heteroatoms. The number of imidazole rings is 5. The highest BCUT2D eigenvalue weighted by Gasteiger charge is 2.24. The van der Waals surface area contributed by atoms with Gasteiger partial charge in [-0.1, -0.05) is 97.4 Å². The molecule has 15 aromatic rings. The number of likely N-dealkylation sites (N-methyl/N-ethyl adjacent to an activating group) is 1. The van der Waals surface area contributed by atoms with Gasteiger partial charge in [0, 0.05) is 132 Å². The number of anilines is 5. The van der Waals surface area contributed by atoms with Gasteiger partial charge in [-0.25, -0.2) is 49.7 Å². The molecule has 26 nitrogen and oxygen atoms in total. The van der Waals surface area contributed by atoms with Gasteiger partial charge in [-0.05, 0) is 128 Å². The Bertz CT molecular complexity index is 5780. The Morgan fingerprint density at radius 3 is 1.31 bits per heavy atom. The number of aromatic nitrogens is 15. The van der Waals surface area contributed by atoms with Gasteiger partial charge in [-0.15, -0.1) is 0 Å². The smallest absolute Gasteiger partial charge is 0.203 e. The van der Waals surface area contributed by atoms with E-state index in [9.17, 15) is 0 Å². The number of aryl methyl sites for hydroxylation is 1. The number of hydrogen-bond acceptors (Lipinski definition) is 20. The maximum Gasteiger partial charge on any atom is 0.203 e. The number of halogens is 3. The van der Waals surface area contributed by atoms with Crippen molar-refractivity contribution >= 4 is 97.7 Å². The quantitative estimate of drug-likeness (QED) is 0.0394. The van der Waals surface area contributed by atoms with Gasteiger partial charge in [0.1, 0.15) is 51.5 Å². The fourth-order valence-corrected chi connectivity index (χ4v) is 14.7. The van der Waals surface area contributed by atoms with Gasteiger partial charge < -0.3 is 56.7 Å². The lowest BCUT2D eigenvalue weighted by Gasteiger charge is -2.35. The highest BCUT2D eigenvalue weighted by molar-refractivity contribution is 6.42. The fraction of sp³-hybridized carbons (Fsp3) is 0.282. The first-order valence-electron chi connectivity index (χ1n) is 38.9. The number of pyridine rings is 10. The average Bonchev–Trinajstić information content (AvgIpc) is 1.63. The molecular weight excluding hydrogens is 1490 g/mol. The minimum atomic E-state index is 0.443. The Labute approximate surface area is 674 Å². The summed E-state index contributed by atoms with van der Waals surface area (Å²) >= 11 is 18.1. The van der Waals surface area contributed by atoms with Crippen LogP contribution in [0.1, 0.15) is 37.4 Å². The van der Waals surface area contributed by atoms with Gasteiger partial charge in [-0.3, -0.25) is 22.6 Å². The molecule has 0 amide bonds. The SMILES string of the molecule is CCN1CCN(c2ccc3ncc(-c4cccc(NC5CNC5)n4)n3c2)CC1.Cc1ccn2c(-c3cccc(NC4CNC4)n3)cnc2c1.Clc1cc2ncc(-c3cccc(NC4CNC4)n3)n2cc1Cl.Clc1ccn2c(-c3cccc(NC4CNC4)n3)cnc2c1.[C-]#[N+]c1ccc2ncc(-c3cccc(CC4CCC4)n3)n2c1. The zero-order chi connectivity index (χ0) is 77.4. The van der Waals surface area contributed by atoms with Crippen molar-refractivity contribution < 1.29 is 0 Å². The van der Waals surface area contributed by atoms with Crippen molar-refractivity contribution in [1.29, 1.82) is 0 Å². The standard InChI is InChI=1S/C21H27N7.C18H16N4.C16H17N5.C15H13Cl2N5.C15H14ClN5/c1-2-26-8-10-27(11-9-26)17-6-7-21-23-14-19(28(21)15-17)18-4-3-5-20(25-18)24-16-12-22-13-16;1-19-15-8-9-18-20-11-17(22(18)12-15)16-7-3-6-14(21-16)10-13-4-2-5-13;1-11-5-6-21-14(10-18-16(21)7-11)13-3-2-4-15(20-13)19-12-8-17-9-12;16-10-4-15-19-7-13(22(15)8-11(10)17)12-2-1-3-14(21-12)20-9-5-18-6-9;16-10-4-5-21-13(9-18-15(21)6-10)12-2-1-3-14(20-12)19-11-7-17-8-11/h3-7,14-16,22H,2,8-13H2,1H3,(H,24,25);3,6-9,11-13H,2,4-5,10H2;2-7,10,12,17H,8-9H2,1H3,(H,19,20);1-4,7-9,18H,5-6H2,(H,20,21);1-6,9,11,17H,7-8H2,(H,19,20). The first-order valence-corrected chi connectivity index (χ1v) is 40.0. The molecule has 0 unspecified atom stereocenters. The van der Waals surface area contributed by atoms with Crippen LogP contribution < -0.4 is 47.4 Å². The molecule has 5 saturated heterocycles. The molecule has 6 aliphatic rings. The van der Waals surface area contributed by atoms with E-state index >= 15 is 0 Å². The molecule has 20 heterocycles. The normalized spacial score (nSPS) is 15.8. The Morgan fingerprint density at radius 2 is 0.851 bits per heavy atom. The predicted octanol–water partition coefficient (Wildman–Crippen LogP) is 13.8. The molecule has 0 aromatic carbocycles. The third-order valence-electron chi connectivity index (χ3n) is 21.4. The molecule has 1 aliphatic carbocycles. The van der Waals surface area contributed by atoms with E-state index in [-0.39, 0.29) is 0 Å². The molecule has 6 fully saturated rings. The van der Waals surface area contributed by atoms with Crippen LogP contribution in [0.2, 0.25) is 15.1 Å². The largest absolute Gasteiger partial charge is 0.368 e. The molecule has 0 bridgehead atoms. The Balaban J connectivity index is 0.000000103. The molecule has 5 aliphatic heterocycles. The average molecular weight is 1580 g/mol. The highest BCUT2D eigenvalue weighted by Crippen LogP contribution is 2.33. The maximum atomic E-state index is 7.16. The Kier molecular flexibility index (Phi) is 22.6. The Hall–Kier alpha value is -11.6. The van der Waals surface area contributed by atoms with Gasteiger partial charge in [0.05, 0.1) is 134 Å². The van der Waals surface area contributed by atoms with Crippen LogP contribution >= 0.6 is 34.8 Å².